The number of fused-ring (bicyclic) bond motifs is 1. The number of nitrogens with one attached hydrogen (secondary N) is 1. The third-order valence-electron chi connectivity index (χ3n) is 5.11. The second kappa shape index (κ2) is 6.52. The molecule has 0 bridgehead atoms. The molecule has 0 aliphatic heterocycles. The van der Waals surface area contributed by atoms with Gasteiger partial charge in [-0.1, -0.05) is 19.4 Å². The van der Waals surface area contributed by atoms with Crippen LogP contribution in [-0.2, 0) is 6.54 Å². The van der Waals surface area contributed by atoms with Crippen LogP contribution in [0.2, 0.25) is 0 Å². The van der Waals surface area contributed by atoms with Gasteiger partial charge in [0.25, 0.3) is 0 Å². The Bertz CT molecular complexity index is 1080. The zero-order valence-electron chi connectivity index (χ0n) is 15.5. The summed E-state index contributed by atoms with van der Waals surface area (Å²) in [4.78, 5) is 2.08. The maximum atomic E-state index is 14.2. The average Bonchev–Trinajstić information content (AvgIpc) is 2.63. The van der Waals surface area contributed by atoms with Gasteiger partial charge in [-0.05, 0) is 60.7 Å². The molecule has 1 heterocycles. The molecule has 1 aliphatic carbocycles. The maximum absolute atomic E-state index is 14.2. The first-order valence-electron chi connectivity index (χ1n) is 9.14. The van der Waals surface area contributed by atoms with Crippen LogP contribution < -0.4 is 10.1 Å². The van der Waals surface area contributed by atoms with E-state index < -0.39 is 15.1 Å². The van der Waals surface area contributed by atoms with Crippen molar-refractivity contribution in [3.05, 3.63) is 66.2 Å². The van der Waals surface area contributed by atoms with Crippen molar-refractivity contribution in [1.82, 2.24) is 10.3 Å². The summed E-state index contributed by atoms with van der Waals surface area (Å²) >= 11 is 0. The summed E-state index contributed by atoms with van der Waals surface area (Å²) in [6, 6.07) is 7.32. The molecule has 0 saturated heterocycles. The number of rotatable bonds is 6. The molecular weight excluding hydrogens is 430 g/mol. The Morgan fingerprint density at radius 1 is 0.967 bits per heavy atom. The van der Waals surface area contributed by atoms with Gasteiger partial charge in [0.1, 0.15) is 22.6 Å². The van der Waals surface area contributed by atoms with Crippen molar-refractivity contribution in [2.75, 3.05) is 0 Å². The number of pyridine rings is 1. The van der Waals surface area contributed by atoms with Crippen molar-refractivity contribution in [3.63, 3.8) is 0 Å². The monoisotopic (exact) mass is 448 g/mol. The van der Waals surface area contributed by atoms with E-state index in [-0.39, 0.29) is 23.7 Å². The highest BCUT2D eigenvalue weighted by Gasteiger charge is 2.65. The van der Waals surface area contributed by atoms with E-state index in [4.69, 9.17) is 4.74 Å². The highest BCUT2D eigenvalue weighted by Crippen LogP contribution is 3.02. The summed E-state index contributed by atoms with van der Waals surface area (Å²) in [6.45, 7) is 0.309. The van der Waals surface area contributed by atoms with Crippen LogP contribution >= 0.6 is 10.2 Å². The lowest BCUT2D eigenvalue weighted by Gasteiger charge is -2.40. The molecule has 4 rings (SSSR count). The Labute approximate surface area is 168 Å². The molecule has 0 amide bonds. The lowest BCUT2D eigenvalue weighted by atomic mass is 9.89. The topological polar surface area (TPSA) is 34.2 Å². The first-order chi connectivity index (χ1) is 13.9. The summed E-state index contributed by atoms with van der Waals surface area (Å²) < 4.78 is 83.5. The predicted molar refractivity (Wildman–Crippen MR) is 104 cm³/mol. The Balaban J connectivity index is 1.32. The largest absolute Gasteiger partial charge is 0.490 e. The summed E-state index contributed by atoms with van der Waals surface area (Å²) in [7, 11) is -9.68. The minimum Gasteiger partial charge on any atom is -0.490 e. The molecule has 0 unspecified atom stereocenters. The van der Waals surface area contributed by atoms with Crippen molar-refractivity contribution in [2.45, 2.75) is 36.4 Å². The van der Waals surface area contributed by atoms with Gasteiger partial charge in [0, 0.05) is 35.9 Å². The van der Waals surface area contributed by atoms with E-state index in [1.165, 1.54) is 6.07 Å². The van der Waals surface area contributed by atoms with E-state index in [1.807, 2.05) is 0 Å². The van der Waals surface area contributed by atoms with E-state index in [2.05, 4.69) is 10.3 Å². The second-order valence-electron chi connectivity index (χ2n) is 7.35. The van der Waals surface area contributed by atoms with E-state index >= 15 is 0 Å². The Morgan fingerprint density at radius 3 is 2.33 bits per heavy atom. The first kappa shape index (κ1) is 20.8. The molecule has 1 saturated carbocycles. The zero-order valence-corrected chi connectivity index (χ0v) is 16.3. The van der Waals surface area contributed by atoms with Crippen LogP contribution in [0.3, 0.4) is 0 Å². The summed E-state index contributed by atoms with van der Waals surface area (Å²) in [5.41, 5.74) is 0.533. The van der Waals surface area contributed by atoms with Gasteiger partial charge in [0.15, 0.2) is 0 Å². The molecular formula is C20H18F6N2OS. The fraction of sp³-hybridized carbons (Fsp3) is 0.250. The van der Waals surface area contributed by atoms with Gasteiger partial charge < -0.3 is 10.1 Å². The number of hydrogen-bond acceptors (Lipinski definition) is 3. The molecule has 1 N–H and O–H groups in total. The van der Waals surface area contributed by atoms with Crippen molar-refractivity contribution in [2.24, 2.45) is 0 Å². The molecule has 10 heteroatoms. The van der Waals surface area contributed by atoms with Crippen molar-refractivity contribution in [3.8, 4) is 5.75 Å². The van der Waals surface area contributed by atoms with E-state index in [1.54, 1.807) is 24.5 Å². The fourth-order valence-corrected chi connectivity index (χ4v) is 4.08. The van der Waals surface area contributed by atoms with E-state index in [9.17, 15) is 23.8 Å². The summed E-state index contributed by atoms with van der Waals surface area (Å²) in [5, 5.41) is 4.85. The molecule has 1 fully saturated rings. The second-order valence-corrected chi connectivity index (χ2v) is 9.76. The highest BCUT2D eigenvalue weighted by atomic mass is 32.5. The van der Waals surface area contributed by atoms with Crippen molar-refractivity contribution in [1.29, 1.82) is 0 Å². The lowest BCUT2D eigenvalue weighted by molar-refractivity contribution is 0.0842. The van der Waals surface area contributed by atoms with Crippen LogP contribution in [0.25, 0.3) is 10.8 Å². The van der Waals surface area contributed by atoms with Gasteiger partial charge in [-0.3, -0.25) is 4.98 Å². The number of aromatic nitrogens is 1. The third kappa shape index (κ3) is 4.49. The van der Waals surface area contributed by atoms with Crippen LogP contribution in [0.4, 0.5) is 23.8 Å². The highest BCUT2D eigenvalue weighted by molar-refractivity contribution is 8.45. The molecule has 162 valence electrons. The van der Waals surface area contributed by atoms with Crippen LogP contribution in [0.1, 0.15) is 18.4 Å². The van der Waals surface area contributed by atoms with Crippen molar-refractivity contribution >= 4 is 21.0 Å². The molecule has 3 aromatic rings. The molecule has 30 heavy (non-hydrogen) atoms. The van der Waals surface area contributed by atoms with Gasteiger partial charge in [0.05, 0.1) is 0 Å². The Morgan fingerprint density at radius 2 is 1.67 bits per heavy atom. The van der Waals surface area contributed by atoms with Gasteiger partial charge in [-0.25, -0.2) is 4.39 Å². The van der Waals surface area contributed by atoms with Gasteiger partial charge in [0.2, 0.25) is 0 Å². The Kier molecular flexibility index (Phi) is 4.52. The molecule has 1 aromatic heterocycles. The van der Waals surface area contributed by atoms with Gasteiger partial charge >= 0.3 is 10.2 Å². The van der Waals surface area contributed by atoms with Crippen LogP contribution in [-0.4, -0.2) is 17.1 Å². The molecule has 0 atom stereocenters. The van der Waals surface area contributed by atoms with Crippen LogP contribution in [0.15, 0.2) is 59.8 Å². The van der Waals surface area contributed by atoms with Crippen LogP contribution in [0, 0.1) is 5.82 Å². The summed E-state index contributed by atoms with van der Waals surface area (Å²) in [6.07, 6.45) is 4.14. The minimum absolute atomic E-state index is 0.0514. The quantitative estimate of drug-likeness (QED) is 0.425. The predicted octanol–water partition coefficient (Wildman–Crippen LogP) is 6.73. The number of halogens is 6. The zero-order chi connectivity index (χ0) is 21.6. The minimum atomic E-state index is -9.68. The SMILES string of the molecule is Fc1ccc2cnccc2c1CNC1CC(Oc2ccc(S(F)(F)(F)(F)F)cc2)C1. The molecule has 0 radical (unpaired) electrons. The molecule has 2 aromatic carbocycles. The van der Waals surface area contributed by atoms with E-state index in [0.717, 1.165) is 22.9 Å². The van der Waals surface area contributed by atoms with Crippen molar-refractivity contribution < 1.29 is 28.6 Å². The smallest absolute Gasteiger partial charge is 0.310 e. The number of ether oxygens (including phenoxy) is 1. The molecule has 1 aliphatic rings. The summed E-state index contributed by atoms with van der Waals surface area (Å²) in [5.74, 6) is -0.228. The standard InChI is InChI=1S/C20H18F6N2OS/c21-20-6-1-13-11-27-8-7-18(13)19(20)12-28-14-9-16(10-14)29-15-2-4-17(5-3-15)30(22,23,24,25)26/h1-8,11,14,16,28H,9-10,12H2. The van der Waals surface area contributed by atoms with Gasteiger partial charge in [-0.2, -0.15) is 0 Å². The van der Waals surface area contributed by atoms with Crippen LogP contribution in [0.5, 0.6) is 5.75 Å². The normalized spacial score (nSPS) is 21.5. The first-order valence-corrected chi connectivity index (χ1v) is 11.1. The average molecular weight is 448 g/mol. The maximum Gasteiger partial charge on any atom is 0.310 e. The molecule has 0 spiro atoms. The van der Waals surface area contributed by atoms with E-state index in [0.29, 0.717) is 37.1 Å². The molecule has 3 nitrogen and oxygen atoms in total. The number of nitrogens with zero attached hydrogens (tertiary/aromatic N) is 1. The number of benzene rings is 2. The number of hydrogen-bond donors (Lipinski definition) is 1. The lowest BCUT2D eigenvalue weighted by Crippen LogP contribution is -2.46. The Hall–Kier alpha value is -2.46. The fourth-order valence-electron chi connectivity index (χ4n) is 3.43. The van der Waals surface area contributed by atoms with Gasteiger partial charge in [-0.15, -0.1) is 0 Å². The third-order valence-corrected chi connectivity index (χ3v) is 6.27.